The topological polar surface area (TPSA) is 42.0 Å². The maximum absolute atomic E-state index is 11.9. The molecular weight excluding hydrogens is 324 g/mol. The van der Waals surface area contributed by atoms with Crippen molar-refractivity contribution in [3.63, 3.8) is 0 Å². The maximum Gasteiger partial charge on any atom is 0.239 e. The summed E-state index contributed by atoms with van der Waals surface area (Å²) >= 11 is 4.92. The molecule has 2 aromatic rings. The van der Waals surface area contributed by atoms with Gasteiger partial charge in [-0.2, -0.15) is 0 Å². The average Bonchev–Trinajstić information content (AvgIpc) is 2.72. The number of hydrogen-bond acceptors (Lipinski definition) is 3. The van der Waals surface area contributed by atoms with Crippen LogP contribution in [0.15, 0.2) is 12.1 Å². The van der Waals surface area contributed by atoms with Crippen LogP contribution in [-0.2, 0) is 4.79 Å². The first-order valence-electron chi connectivity index (χ1n) is 6.34. The van der Waals surface area contributed by atoms with E-state index in [-0.39, 0.29) is 10.7 Å². The number of rotatable bonds is 4. The fraction of sp³-hybridized carbons (Fsp3) is 0.429. The van der Waals surface area contributed by atoms with Crippen molar-refractivity contribution in [1.82, 2.24) is 4.98 Å². The molecule has 0 fully saturated rings. The Balaban J connectivity index is 2.22. The second kappa shape index (κ2) is 6.01. The third kappa shape index (κ3) is 3.34. The van der Waals surface area contributed by atoms with Gasteiger partial charge < -0.3 is 5.32 Å². The van der Waals surface area contributed by atoms with E-state index >= 15 is 0 Å². The van der Waals surface area contributed by atoms with Gasteiger partial charge in [0.1, 0.15) is 0 Å². The third-order valence-corrected chi connectivity index (χ3v) is 4.68. The van der Waals surface area contributed by atoms with Crippen molar-refractivity contribution < 1.29 is 4.79 Å². The van der Waals surface area contributed by atoms with Gasteiger partial charge in [0, 0.05) is 0 Å². The highest BCUT2D eigenvalue weighted by Gasteiger charge is 2.16. The van der Waals surface area contributed by atoms with Crippen LogP contribution in [0.25, 0.3) is 10.2 Å². The highest BCUT2D eigenvalue weighted by molar-refractivity contribution is 9.10. The van der Waals surface area contributed by atoms with E-state index in [9.17, 15) is 4.79 Å². The van der Waals surface area contributed by atoms with E-state index in [1.165, 1.54) is 16.9 Å². The van der Waals surface area contributed by atoms with Gasteiger partial charge in [-0.05, 0) is 37.5 Å². The molecule has 0 aliphatic heterocycles. The number of aromatic nitrogens is 1. The summed E-state index contributed by atoms with van der Waals surface area (Å²) in [7, 11) is 0. The van der Waals surface area contributed by atoms with E-state index < -0.39 is 0 Å². The van der Waals surface area contributed by atoms with Crippen LogP contribution in [0.3, 0.4) is 0 Å². The second-order valence-electron chi connectivity index (χ2n) is 4.69. The van der Waals surface area contributed by atoms with Crippen LogP contribution >= 0.6 is 27.3 Å². The van der Waals surface area contributed by atoms with Gasteiger partial charge in [-0.3, -0.25) is 4.79 Å². The van der Waals surface area contributed by atoms with Gasteiger partial charge in [-0.25, -0.2) is 4.98 Å². The van der Waals surface area contributed by atoms with Gasteiger partial charge in [0.25, 0.3) is 0 Å². The predicted molar refractivity (Wildman–Crippen MR) is 85.3 cm³/mol. The number of aryl methyl sites for hydroxylation is 2. The molecule has 0 radical (unpaired) electrons. The van der Waals surface area contributed by atoms with E-state index in [0.29, 0.717) is 5.13 Å². The monoisotopic (exact) mass is 340 g/mol. The van der Waals surface area contributed by atoms with Gasteiger partial charge in [0.15, 0.2) is 5.13 Å². The molecule has 2 rings (SSSR count). The molecule has 0 bridgehead atoms. The Morgan fingerprint density at radius 2 is 2.21 bits per heavy atom. The molecule has 1 amide bonds. The van der Waals surface area contributed by atoms with E-state index in [2.05, 4.69) is 52.2 Å². The van der Waals surface area contributed by atoms with Crippen molar-refractivity contribution in [2.75, 3.05) is 5.32 Å². The van der Waals surface area contributed by atoms with Gasteiger partial charge >= 0.3 is 0 Å². The average molecular weight is 341 g/mol. The minimum Gasteiger partial charge on any atom is -0.301 e. The lowest BCUT2D eigenvalue weighted by Gasteiger charge is -2.06. The fourth-order valence-electron chi connectivity index (χ4n) is 1.99. The Hall–Kier alpha value is -0.940. The zero-order valence-corrected chi connectivity index (χ0v) is 13.7. The number of nitrogens with one attached hydrogen (secondary N) is 1. The van der Waals surface area contributed by atoms with Crippen LogP contribution in [-0.4, -0.2) is 15.7 Å². The smallest absolute Gasteiger partial charge is 0.239 e. The molecule has 0 aliphatic carbocycles. The third-order valence-electron chi connectivity index (χ3n) is 2.89. The number of anilines is 1. The number of fused-ring (bicyclic) bond motifs is 1. The van der Waals surface area contributed by atoms with Crippen LogP contribution in [0.2, 0.25) is 0 Å². The number of benzene rings is 1. The largest absolute Gasteiger partial charge is 0.301 e. The summed E-state index contributed by atoms with van der Waals surface area (Å²) in [5, 5.41) is 3.56. The van der Waals surface area contributed by atoms with Gasteiger partial charge in [0.05, 0.1) is 15.0 Å². The minimum atomic E-state index is -0.146. The highest BCUT2D eigenvalue weighted by Crippen LogP contribution is 2.29. The quantitative estimate of drug-likeness (QED) is 0.837. The number of carbonyl (C=O) groups is 1. The number of amides is 1. The summed E-state index contributed by atoms with van der Waals surface area (Å²) < 4.78 is 1.12. The summed E-state index contributed by atoms with van der Waals surface area (Å²) in [5.41, 5.74) is 3.35. The Kier molecular flexibility index (Phi) is 4.58. The van der Waals surface area contributed by atoms with Crippen molar-refractivity contribution >= 4 is 48.5 Å². The van der Waals surface area contributed by atoms with Crippen LogP contribution in [0.5, 0.6) is 0 Å². The molecule has 0 saturated carbocycles. The van der Waals surface area contributed by atoms with Crippen molar-refractivity contribution in [3.05, 3.63) is 23.3 Å². The van der Waals surface area contributed by atoms with E-state index in [0.717, 1.165) is 28.6 Å². The Bertz CT molecular complexity index is 609. The first kappa shape index (κ1) is 14.5. The summed E-state index contributed by atoms with van der Waals surface area (Å²) in [6.45, 7) is 6.18. The van der Waals surface area contributed by atoms with Crippen molar-refractivity contribution in [3.8, 4) is 0 Å². The van der Waals surface area contributed by atoms with Crippen molar-refractivity contribution in [2.24, 2.45) is 0 Å². The van der Waals surface area contributed by atoms with E-state index in [1.807, 2.05) is 6.92 Å². The van der Waals surface area contributed by atoms with E-state index in [4.69, 9.17) is 0 Å². The highest BCUT2D eigenvalue weighted by atomic mass is 79.9. The number of alkyl halides is 1. The summed E-state index contributed by atoms with van der Waals surface area (Å²) in [6, 6.07) is 4.21. The SMILES string of the molecule is CCC[C@H](Br)C(=O)Nc1nc2c(C)cc(C)cc2s1. The molecule has 0 spiro atoms. The number of halogens is 1. The van der Waals surface area contributed by atoms with Crippen LogP contribution in [0, 0.1) is 13.8 Å². The lowest BCUT2D eigenvalue weighted by Crippen LogP contribution is -2.22. The molecule has 1 aromatic carbocycles. The molecular formula is C14H17BrN2OS. The van der Waals surface area contributed by atoms with Crippen molar-refractivity contribution in [2.45, 2.75) is 38.4 Å². The Morgan fingerprint density at radius 3 is 2.89 bits per heavy atom. The van der Waals surface area contributed by atoms with E-state index in [1.54, 1.807) is 0 Å². The molecule has 1 aromatic heterocycles. The molecule has 102 valence electrons. The first-order valence-corrected chi connectivity index (χ1v) is 8.07. The lowest BCUT2D eigenvalue weighted by molar-refractivity contribution is -0.115. The van der Waals surface area contributed by atoms with Gasteiger partial charge in [-0.15, -0.1) is 0 Å². The second-order valence-corrected chi connectivity index (χ2v) is 6.83. The molecule has 0 unspecified atom stereocenters. The number of thiazole rings is 1. The van der Waals surface area contributed by atoms with Crippen LogP contribution in [0.4, 0.5) is 5.13 Å². The van der Waals surface area contributed by atoms with Gasteiger partial charge in [0.2, 0.25) is 5.91 Å². The standard InChI is InChI=1S/C14H17BrN2OS/c1-4-5-10(15)13(18)17-14-16-12-9(3)6-8(2)7-11(12)19-14/h6-7,10H,4-5H2,1-3H3,(H,16,17,18)/t10-/m0/s1. The first-order chi connectivity index (χ1) is 9.01. The van der Waals surface area contributed by atoms with Crippen LogP contribution < -0.4 is 5.32 Å². The molecule has 0 saturated heterocycles. The van der Waals surface area contributed by atoms with Crippen LogP contribution in [0.1, 0.15) is 30.9 Å². The predicted octanol–water partition coefficient (Wildman–Crippen LogP) is 4.42. The lowest BCUT2D eigenvalue weighted by atomic mass is 10.1. The Labute approximate surface area is 125 Å². The van der Waals surface area contributed by atoms with Gasteiger partial charge in [-0.1, -0.05) is 46.7 Å². The summed E-state index contributed by atoms with van der Waals surface area (Å²) in [6.07, 6.45) is 1.80. The molecule has 19 heavy (non-hydrogen) atoms. The normalized spacial score (nSPS) is 12.6. The Morgan fingerprint density at radius 1 is 1.47 bits per heavy atom. The summed E-state index contributed by atoms with van der Waals surface area (Å²) in [5.74, 6) is -0.0183. The molecule has 1 heterocycles. The number of nitrogens with zero attached hydrogens (tertiary/aromatic N) is 1. The number of hydrogen-bond donors (Lipinski definition) is 1. The molecule has 1 N–H and O–H groups in total. The van der Waals surface area contributed by atoms with Crippen molar-refractivity contribution in [1.29, 1.82) is 0 Å². The molecule has 3 nitrogen and oxygen atoms in total. The zero-order valence-electron chi connectivity index (χ0n) is 11.3. The summed E-state index contributed by atoms with van der Waals surface area (Å²) in [4.78, 5) is 16.3. The molecule has 5 heteroatoms. The minimum absolute atomic E-state index is 0.0183. The molecule has 1 atom stereocenters. The fourth-order valence-corrected chi connectivity index (χ4v) is 3.61. The molecule has 0 aliphatic rings. The zero-order chi connectivity index (χ0) is 14.0. The maximum atomic E-state index is 11.9. The number of carbonyl (C=O) groups excluding carboxylic acids is 1.